The highest BCUT2D eigenvalue weighted by Gasteiger charge is 2.55. The fourth-order valence-electron chi connectivity index (χ4n) is 3.94. The molecule has 154 valence electrons. The summed E-state index contributed by atoms with van der Waals surface area (Å²) in [6.07, 6.45) is 3.10. The summed E-state index contributed by atoms with van der Waals surface area (Å²) in [6, 6.07) is 0.250. The van der Waals surface area contributed by atoms with Gasteiger partial charge in [0.05, 0.1) is 5.41 Å². The maximum atomic E-state index is 12.9. The molecule has 4 N–H and O–H groups in total. The number of nitrogens with one attached hydrogen (secondary N) is 2. The molecule has 0 amide bonds. The monoisotopic (exact) mass is 384 g/mol. The van der Waals surface area contributed by atoms with Crippen LogP contribution in [0.3, 0.4) is 0 Å². The summed E-state index contributed by atoms with van der Waals surface area (Å²) in [4.78, 5) is 24.7. The van der Waals surface area contributed by atoms with Crippen molar-refractivity contribution in [3.05, 3.63) is 0 Å². The molecule has 2 fully saturated rings. The van der Waals surface area contributed by atoms with E-state index in [-0.39, 0.29) is 37.1 Å². The van der Waals surface area contributed by atoms with Crippen molar-refractivity contribution in [2.24, 2.45) is 11.3 Å². The second-order valence-corrected chi connectivity index (χ2v) is 8.56. The lowest BCUT2D eigenvalue weighted by molar-refractivity contribution is -0.162. The average molecular weight is 384 g/mol. The molecule has 2 saturated heterocycles. The van der Waals surface area contributed by atoms with E-state index in [0.29, 0.717) is 32.1 Å². The summed E-state index contributed by atoms with van der Waals surface area (Å²) in [6.45, 7) is 6.98. The summed E-state index contributed by atoms with van der Waals surface area (Å²) in [5, 5.41) is 24.8. The molecule has 27 heavy (non-hydrogen) atoms. The zero-order chi connectivity index (χ0) is 20.1. The van der Waals surface area contributed by atoms with Crippen LogP contribution in [-0.4, -0.2) is 67.0 Å². The van der Waals surface area contributed by atoms with Gasteiger partial charge >= 0.3 is 19.1 Å². The highest BCUT2D eigenvalue weighted by molar-refractivity contribution is 6.40. The average Bonchev–Trinajstić information content (AvgIpc) is 3.17. The molecule has 0 aromatic heterocycles. The molecule has 2 heterocycles. The predicted octanol–water partition coefficient (Wildman–Crippen LogP) is 0.0821. The molecular formula is C18H33BN2O6. The van der Waals surface area contributed by atoms with E-state index in [1.807, 2.05) is 0 Å². The second-order valence-electron chi connectivity index (χ2n) is 8.56. The van der Waals surface area contributed by atoms with Gasteiger partial charge in [0.15, 0.2) is 0 Å². The largest absolute Gasteiger partial charge is 0.462 e. The van der Waals surface area contributed by atoms with Gasteiger partial charge < -0.3 is 30.2 Å². The number of unbranched alkanes of at least 4 members (excludes halogenated alkanes) is 1. The lowest BCUT2D eigenvalue weighted by atomic mass is 9.77. The Morgan fingerprint density at radius 2 is 1.89 bits per heavy atom. The van der Waals surface area contributed by atoms with Crippen LogP contribution < -0.4 is 10.6 Å². The van der Waals surface area contributed by atoms with Crippen LogP contribution in [0.1, 0.15) is 46.5 Å². The molecule has 3 atom stereocenters. The number of carbonyl (C=O) groups is 2. The molecule has 0 radical (unpaired) electrons. The van der Waals surface area contributed by atoms with Crippen LogP contribution in [0.5, 0.6) is 0 Å². The maximum Gasteiger partial charge on any atom is 0.451 e. The van der Waals surface area contributed by atoms with Gasteiger partial charge in [0.2, 0.25) is 0 Å². The Hall–Kier alpha value is -1.16. The molecule has 0 bridgehead atoms. The van der Waals surface area contributed by atoms with Crippen LogP contribution in [0.25, 0.3) is 0 Å². The van der Waals surface area contributed by atoms with Gasteiger partial charge in [-0.2, -0.15) is 0 Å². The molecule has 0 saturated carbocycles. The van der Waals surface area contributed by atoms with Gasteiger partial charge in [0, 0.05) is 18.5 Å². The Balaban J connectivity index is 1.89. The Bertz CT molecular complexity index is 524. The standard InChI is InChI=1S/C18H33BN2O6/c1-17(2,3)15(22)26-10-11-27-16(23)18(7-4-5-8-19(24)25)13-6-9-20-14(13)12-21-18/h13-14,20-21,24-25H,4-12H2,1-3H3/t13-,14-,18+/m0/s1. The van der Waals surface area contributed by atoms with Crippen LogP contribution >= 0.6 is 0 Å². The molecule has 2 aliphatic heterocycles. The van der Waals surface area contributed by atoms with Crippen molar-refractivity contribution in [1.82, 2.24) is 10.6 Å². The first-order valence-corrected chi connectivity index (χ1v) is 9.86. The number of hydrogen-bond donors (Lipinski definition) is 4. The first-order valence-electron chi connectivity index (χ1n) is 9.86. The normalized spacial score (nSPS) is 27.3. The molecule has 2 aliphatic rings. The smallest absolute Gasteiger partial charge is 0.451 e. The summed E-state index contributed by atoms with van der Waals surface area (Å²) >= 11 is 0. The minimum absolute atomic E-state index is 0.0320. The summed E-state index contributed by atoms with van der Waals surface area (Å²) in [5.41, 5.74) is -1.35. The number of rotatable bonds is 9. The van der Waals surface area contributed by atoms with Crippen LogP contribution in [0.4, 0.5) is 0 Å². The highest BCUT2D eigenvalue weighted by atomic mass is 16.6. The topological polar surface area (TPSA) is 117 Å². The van der Waals surface area contributed by atoms with Gasteiger partial charge in [-0.05, 0) is 46.5 Å². The highest BCUT2D eigenvalue weighted by Crippen LogP contribution is 2.38. The van der Waals surface area contributed by atoms with Gasteiger partial charge in [-0.1, -0.05) is 12.8 Å². The summed E-state index contributed by atoms with van der Waals surface area (Å²) in [7, 11) is -1.32. The van der Waals surface area contributed by atoms with Gasteiger partial charge in [-0.25, -0.2) is 0 Å². The van der Waals surface area contributed by atoms with Crippen molar-refractivity contribution in [2.75, 3.05) is 26.3 Å². The lowest BCUT2D eigenvalue weighted by Gasteiger charge is -2.32. The zero-order valence-corrected chi connectivity index (χ0v) is 16.6. The van der Waals surface area contributed by atoms with Gasteiger partial charge in [0.1, 0.15) is 18.8 Å². The van der Waals surface area contributed by atoms with Gasteiger partial charge in [-0.3, -0.25) is 9.59 Å². The number of fused-ring (bicyclic) bond motifs is 1. The van der Waals surface area contributed by atoms with E-state index >= 15 is 0 Å². The molecule has 0 unspecified atom stereocenters. The van der Waals surface area contributed by atoms with Crippen molar-refractivity contribution in [3.8, 4) is 0 Å². The van der Waals surface area contributed by atoms with Crippen LogP contribution in [-0.2, 0) is 19.1 Å². The minimum atomic E-state index is -1.32. The van der Waals surface area contributed by atoms with E-state index in [9.17, 15) is 9.59 Å². The van der Waals surface area contributed by atoms with Crippen LogP contribution in [0.15, 0.2) is 0 Å². The number of carbonyl (C=O) groups excluding carboxylic acids is 2. The molecule has 9 heteroatoms. The third kappa shape index (κ3) is 5.66. The van der Waals surface area contributed by atoms with Crippen molar-refractivity contribution in [1.29, 1.82) is 0 Å². The Kier molecular flexibility index (Phi) is 7.68. The number of hydrogen-bond acceptors (Lipinski definition) is 8. The van der Waals surface area contributed by atoms with E-state index < -0.39 is 18.1 Å². The quantitative estimate of drug-likeness (QED) is 0.251. The second kappa shape index (κ2) is 9.36. The zero-order valence-electron chi connectivity index (χ0n) is 16.6. The molecule has 8 nitrogen and oxygen atoms in total. The third-order valence-corrected chi connectivity index (χ3v) is 5.43. The maximum absolute atomic E-state index is 12.9. The summed E-state index contributed by atoms with van der Waals surface area (Å²) < 4.78 is 10.6. The van der Waals surface area contributed by atoms with E-state index in [1.165, 1.54) is 0 Å². The molecule has 0 spiro atoms. The van der Waals surface area contributed by atoms with Crippen molar-refractivity contribution in [2.45, 2.75) is 64.4 Å². The minimum Gasteiger partial charge on any atom is -0.462 e. The Morgan fingerprint density at radius 1 is 1.19 bits per heavy atom. The van der Waals surface area contributed by atoms with E-state index in [2.05, 4.69) is 10.6 Å². The molecule has 0 aromatic rings. The molecule has 0 aliphatic carbocycles. The van der Waals surface area contributed by atoms with Crippen molar-refractivity contribution in [3.63, 3.8) is 0 Å². The molecular weight excluding hydrogens is 351 g/mol. The van der Waals surface area contributed by atoms with E-state index in [1.54, 1.807) is 20.8 Å². The lowest BCUT2D eigenvalue weighted by Crippen LogP contribution is -2.53. The van der Waals surface area contributed by atoms with Gasteiger partial charge in [-0.15, -0.1) is 0 Å². The Morgan fingerprint density at radius 3 is 2.56 bits per heavy atom. The first-order chi connectivity index (χ1) is 12.7. The van der Waals surface area contributed by atoms with Gasteiger partial charge in [0.25, 0.3) is 0 Å². The predicted molar refractivity (Wildman–Crippen MR) is 101 cm³/mol. The molecule has 2 rings (SSSR count). The third-order valence-electron chi connectivity index (χ3n) is 5.43. The fourth-order valence-corrected chi connectivity index (χ4v) is 3.94. The van der Waals surface area contributed by atoms with Crippen LogP contribution in [0.2, 0.25) is 6.32 Å². The Labute approximate surface area is 161 Å². The van der Waals surface area contributed by atoms with E-state index in [4.69, 9.17) is 19.5 Å². The summed E-state index contributed by atoms with van der Waals surface area (Å²) in [5.74, 6) is -0.480. The molecule has 0 aromatic carbocycles. The number of ether oxygens (including phenoxy) is 2. The fraction of sp³-hybridized carbons (Fsp3) is 0.889. The van der Waals surface area contributed by atoms with E-state index in [0.717, 1.165) is 13.0 Å². The first kappa shape index (κ1) is 22.1. The van der Waals surface area contributed by atoms with Crippen molar-refractivity contribution < 1.29 is 29.1 Å². The SMILES string of the molecule is CC(C)(C)C(=O)OCCOC(=O)[C@]1(CCCCB(O)O)NC[C@@H]2NCC[C@@H]21. The van der Waals surface area contributed by atoms with Crippen LogP contribution in [0, 0.1) is 11.3 Å². The van der Waals surface area contributed by atoms with Crippen molar-refractivity contribution >= 4 is 19.1 Å². The number of esters is 2.